The number of anilines is 1. The van der Waals surface area contributed by atoms with Gasteiger partial charge in [-0.05, 0) is 48.0 Å². The van der Waals surface area contributed by atoms with E-state index in [0.29, 0.717) is 0 Å². The van der Waals surface area contributed by atoms with Gasteiger partial charge in [0.2, 0.25) is 0 Å². The van der Waals surface area contributed by atoms with Gasteiger partial charge in [-0.2, -0.15) is 0 Å². The Hall–Kier alpha value is -1.39. The van der Waals surface area contributed by atoms with Gasteiger partial charge in [0.05, 0.1) is 0 Å². The zero-order valence-electron chi connectivity index (χ0n) is 11.9. The standard InChI is InChI=1S/C16H20BrN3/c1-3-18-11-14-10-15(17)4-5-16(14)20(2)12-13-6-8-19-9-7-13/h4-10,18H,3,11-12H2,1-2H3. The van der Waals surface area contributed by atoms with E-state index in [1.807, 2.05) is 12.4 Å². The molecule has 0 bridgehead atoms. The number of pyridine rings is 1. The lowest BCUT2D eigenvalue weighted by atomic mass is 10.1. The molecule has 1 aromatic carbocycles. The number of nitrogens with one attached hydrogen (secondary N) is 1. The van der Waals surface area contributed by atoms with Crippen molar-refractivity contribution in [1.29, 1.82) is 0 Å². The maximum Gasteiger partial charge on any atom is 0.0427 e. The number of hydrogen-bond donors (Lipinski definition) is 1. The third kappa shape index (κ3) is 4.05. The Morgan fingerprint density at radius 2 is 1.95 bits per heavy atom. The van der Waals surface area contributed by atoms with Crippen LogP contribution in [0.1, 0.15) is 18.1 Å². The molecule has 4 heteroatoms. The highest BCUT2D eigenvalue weighted by Crippen LogP contribution is 2.25. The first kappa shape index (κ1) is 15.0. The summed E-state index contributed by atoms with van der Waals surface area (Å²) in [6.45, 7) is 4.85. The van der Waals surface area contributed by atoms with Crippen molar-refractivity contribution < 1.29 is 0 Å². The Labute approximate surface area is 129 Å². The minimum Gasteiger partial charge on any atom is -0.370 e. The zero-order valence-corrected chi connectivity index (χ0v) is 13.5. The molecule has 0 aliphatic heterocycles. The minimum atomic E-state index is 0.878. The number of benzene rings is 1. The number of halogens is 1. The summed E-state index contributed by atoms with van der Waals surface area (Å²) in [6, 6.07) is 10.5. The first-order valence-corrected chi connectivity index (χ1v) is 7.59. The third-order valence-electron chi connectivity index (χ3n) is 3.19. The molecule has 0 spiro atoms. The highest BCUT2D eigenvalue weighted by atomic mass is 79.9. The summed E-state index contributed by atoms with van der Waals surface area (Å²) < 4.78 is 1.12. The predicted molar refractivity (Wildman–Crippen MR) is 87.9 cm³/mol. The summed E-state index contributed by atoms with van der Waals surface area (Å²) in [5, 5.41) is 3.39. The topological polar surface area (TPSA) is 28.2 Å². The fourth-order valence-electron chi connectivity index (χ4n) is 2.17. The van der Waals surface area contributed by atoms with Crippen LogP contribution in [0.2, 0.25) is 0 Å². The van der Waals surface area contributed by atoms with Crippen molar-refractivity contribution in [2.24, 2.45) is 0 Å². The largest absolute Gasteiger partial charge is 0.370 e. The number of hydrogen-bond acceptors (Lipinski definition) is 3. The molecule has 2 aromatic rings. The van der Waals surface area contributed by atoms with Gasteiger partial charge in [0.25, 0.3) is 0 Å². The molecular weight excluding hydrogens is 314 g/mol. The Bertz CT molecular complexity index is 543. The van der Waals surface area contributed by atoms with Crippen molar-refractivity contribution in [3.05, 3.63) is 58.3 Å². The first-order valence-electron chi connectivity index (χ1n) is 6.80. The molecule has 0 unspecified atom stereocenters. The highest BCUT2D eigenvalue weighted by Gasteiger charge is 2.08. The van der Waals surface area contributed by atoms with Gasteiger partial charge in [0.1, 0.15) is 0 Å². The van der Waals surface area contributed by atoms with Gasteiger partial charge in [-0.1, -0.05) is 22.9 Å². The molecule has 106 valence electrons. The van der Waals surface area contributed by atoms with Gasteiger partial charge in [-0.3, -0.25) is 4.98 Å². The molecule has 0 fully saturated rings. The lowest BCUT2D eigenvalue weighted by Crippen LogP contribution is -2.20. The van der Waals surface area contributed by atoms with E-state index in [1.54, 1.807) is 0 Å². The van der Waals surface area contributed by atoms with Crippen LogP contribution in [-0.2, 0) is 13.1 Å². The zero-order chi connectivity index (χ0) is 14.4. The Morgan fingerprint density at radius 1 is 1.20 bits per heavy atom. The van der Waals surface area contributed by atoms with Crippen molar-refractivity contribution in [3.63, 3.8) is 0 Å². The van der Waals surface area contributed by atoms with Crippen LogP contribution in [0, 0.1) is 0 Å². The van der Waals surface area contributed by atoms with E-state index in [1.165, 1.54) is 16.8 Å². The SMILES string of the molecule is CCNCc1cc(Br)ccc1N(C)Cc1ccncc1. The van der Waals surface area contributed by atoms with E-state index in [0.717, 1.165) is 24.1 Å². The minimum absolute atomic E-state index is 0.878. The van der Waals surface area contributed by atoms with Crippen molar-refractivity contribution in [2.45, 2.75) is 20.0 Å². The number of aromatic nitrogens is 1. The van der Waals surface area contributed by atoms with Gasteiger partial charge >= 0.3 is 0 Å². The lowest BCUT2D eigenvalue weighted by Gasteiger charge is -2.23. The molecule has 0 saturated heterocycles. The first-order chi connectivity index (χ1) is 9.70. The van der Waals surface area contributed by atoms with E-state index < -0.39 is 0 Å². The van der Waals surface area contributed by atoms with Crippen LogP contribution in [0.3, 0.4) is 0 Å². The van der Waals surface area contributed by atoms with Crippen molar-refractivity contribution in [2.75, 3.05) is 18.5 Å². The molecule has 1 aromatic heterocycles. The molecule has 20 heavy (non-hydrogen) atoms. The fraction of sp³-hybridized carbons (Fsp3) is 0.312. The lowest BCUT2D eigenvalue weighted by molar-refractivity contribution is 0.723. The smallest absolute Gasteiger partial charge is 0.0427 e. The second-order valence-electron chi connectivity index (χ2n) is 4.76. The summed E-state index contributed by atoms with van der Waals surface area (Å²) in [6.07, 6.45) is 3.68. The maximum atomic E-state index is 4.06. The third-order valence-corrected chi connectivity index (χ3v) is 3.68. The van der Waals surface area contributed by atoms with Gasteiger partial charge < -0.3 is 10.2 Å². The van der Waals surface area contributed by atoms with E-state index >= 15 is 0 Å². The Kier molecular flexibility index (Phi) is 5.56. The number of nitrogens with zero attached hydrogens (tertiary/aromatic N) is 2. The summed E-state index contributed by atoms with van der Waals surface area (Å²) >= 11 is 3.55. The molecule has 1 heterocycles. The summed E-state index contributed by atoms with van der Waals surface area (Å²) in [5.74, 6) is 0. The van der Waals surface area contributed by atoms with Crippen LogP contribution >= 0.6 is 15.9 Å². The molecule has 2 rings (SSSR count). The average molecular weight is 334 g/mol. The monoisotopic (exact) mass is 333 g/mol. The molecule has 0 atom stereocenters. The summed E-state index contributed by atoms with van der Waals surface area (Å²) in [4.78, 5) is 6.33. The van der Waals surface area contributed by atoms with Crippen LogP contribution in [0.15, 0.2) is 47.2 Å². The van der Waals surface area contributed by atoms with Crippen molar-refractivity contribution in [3.8, 4) is 0 Å². The van der Waals surface area contributed by atoms with Crippen LogP contribution in [-0.4, -0.2) is 18.6 Å². The quantitative estimate of drug-likeness (QED) is 0.875. The fourth-order valence-corrected chi connectivity index (χ4v) is 2.58. The van der Waals surface area contributed by atoms with Crippen LogP contribution in [0.25, 0.3) is 0 Å². The van der Waals surface area contributed by atoms with E-state index in [-0.39, 0.29) is 0 Å². The second-order valence-corrected chi connectivity index (χ2v) is 5.68. The Morgan fingerprint density at radius 3 is 2.65 bits per heavy atom. The number of rotatable bonds is 6. The van der Waals surface area contributed by atoms with Crippen molar-refractivity contribution >= 4 is 21.6 Å². The molecule has 1 N–H and O–H groups in total. The average Bonchev–Trinajstić information content (AvgIpc) is 2.46. The molecule has 0 aliphatic rings. The van der Waals surface area contributed by atoms with E-state index in [4.69, 9.17) is 0 Å². The van der Waals surface area contributed by atoms with Gasteiger partial charge in [0.15, 0.2) is 0 Å². The van der Waals surface area contributed by atoms with Crippen molar-refractivity contribution in [1.82, 2.24) is 10.3 Å². The molecule has 3 nitrogen and oxygen atoms in total. The van der Waals surface area contributed by atoms with Crippen LogP contribution in [0.4, 0.5) is 5.69 Å². The van der Waals surface area contributed by atoms with E-state index in [2.05, 4.69) is 75.4 Å². The molecule has 0 radical (unpaired) electrons. The normalized spacial score (nSPS) is 10.6. The van der Waals surface area contributed by atoms with Crippen LogP contribution in [0.5, 0.6) is 0 Å². The molecule has 0 aliphatic carbocycles. The second kappa shape index (κ2) is 7.41. The predicted octanol–water partition coefficient (Wildman–Crippen LogP) is 3.59. The van der Waals surface area contributed by atoms with Gasteiger partial charge in [-0.25, -0.2) is 0 Å². The molecule has 0 saturated carbocycles. The summed E-state index contributed by atoms with van der Waals surface area (Å²) in [5.41, 5.74) is 3.82. The van der Waals surface area contributed by atoms with Gasteiger partial charge in [0, 0.05) is 42.7 Å². The highest BCUT2D eigenvalue weighted by molar-refractivity contribution is 9.10. The molecular formula is C16H20BrN3. The van der Waals surface area contributed by atoms with Crippen LogP contribution < -0.4 is 10.2 Å². The summed E-state index contributed by atoms with van der Waals surface area (Å²) in [7, 11) is 2.12. The Balaban J connectivity index is 2.18. The van der Waals surface area contributed by atoms with E-state index in [9.17, 15) is 0 Å². The molecule has 0 amide bonds. The van der Waals surface area contributed by atoms with Gasteiger partial charge in [-0.15, -0.1) is 0 Å². The maximum absolute atomic E-state index is 4.06.